The van der Waals surface area contributed by atoms with E-state index in [1.54, 1.807) is 18.2 Å². The van der Waals surface area contributed by atoms with Gasteiger partial charge in [-0.15, -0.1) is 5.10 Å². The zero-order valence-corrected chi connectivity index (χ0v) is 13.4. The molecule has 0 bridgehead atoms. The molecule has 2 aromatic carbocycles. The molecule has 9 heteroatoms. The van der Waals surface area contributed by atoms with Crippen molar-refractivity contribution in [1.82, 2.24) is 20.2 Å². The van der Waals surface area contributed by atoms with E-state index in [4.69, 9.17) is 16.3 Å². The number of carbonyl (C=O) groups is 1. The highest BCUT2D eigenvalue weighted by Crippen LogP contribution is 2.31. The summed E-state index contributed by atoms with van der Waals surface area (Å²) in [7, 11) is 0. The Morgan fingerprint density at radius 2 is 2.20 bits per heavy atom. The molecule has 1 aliphatic rings. The number of ether oxygens (including phenoxy) is 1. The minimum atomic E-state index is -0.746. The van der Waals surface area contributed by atoms with E-state index < -0.39 is 17.8 Å². The van der Waals surface area contributed by atoms with Crippen molar-refractivity contribution in [2.45, 2.75) is 12.5 Å². The van der Waals surface area contributed by atoms with Crippen LogP contribution >= 0.6 is 11.6 Å². The van der Waals surface area contributed by atoms with Gasteiger partial charge in [0.15, 0.2) is 6.10 Å². The van der Waals surface area contributed by atoms with Crippen LogP contribution in [0.3, 0.4) is 0 Å². The highest BCUT2D eigenvalue weighted by Gasteiger charge is 2.29. The minimum absolute atomic E-state index is 0.0237. The predicted octanol–water partition coefficient (Wildman–Crippen LogP) is 2.40. The van der Waals surface area contributed by atoms with Gasteiger partial charge in [0.25, 0.3) is 5.91 Å². The van der Waals surface area contributed by atoms with Crippen LogP contribution in [0.25, 0.3) is 5.69 Å². The Bertz CT molecular complexity index is 948. The maximum Gasteiger partial charge on any atom is 0.265 e. The van der Waals surface area contributed by atoms with E-state index in [0.29, 0.717) is 22.9 Å². The largest absolute Gasteiger partial charge is 0.480 e. The van der Waals surface area contributed by atoms with Crippen molar-refractivity contribution >= 4 is 23.2 Å². The van der Waals surface area contributed by atoms with Crippen molar-refractivity contribution in [2.24, 2.45) is 0 Å². The zero-order chi connectivity index (χ0) is 17.4. The molecule has 0 fully saturated rings. The Kier molecular flexibility index (Phi) is 3.81. The fourth-order valence-electron chi connectivity index (χ4n) is 2.61. The molecule has 0 aliphatic carbocycles. The molecule has 1 atom stereocenters. The van der Waals surface area contributed by atoms with E-state index in [2.05, 4.69) is 20.8 Å². The number of hydrogen-bond acceptors (Lipinski definition) is 5. The summed E-state index contributed by atoms with van der Waals surface area (Å²) < 4.78 is 21.0. The normalized spacial score (nSPS) is 15.5. The van der Waals surface area contributed by atoms with Gasteiger partial charge in [-0.25, -0.2) is 9.07 Å². The Labute approximate surface area is 146 Å². The standard InChI is InChI=1S/C16H11ClFN5O2/c17-10-1-4-14-9(5-10)6-15(25-14)16(24)20-13-7-11(2-3-12(13)18)23-8-19-21-22-23/h1-5,7-8,15H,6H2,(H,20,24). The number of anilines is 1. The first-order chi connectivity index (χ1) is 12.1. The molecule has 1 amide bonds. The third-order valence-corrected chi connectivity index (χ3v) is 4.05. The van der Waals surface area contributed by atoms with Gasteiger partial charge in [0.05, 0.1) is 11.4 Å². The molecular formula is C16H11ClFN5O2. The topological polar surface area (TPSA) is 81.9 Å². The number of fused-ring (bicyclic) bond motifs is 1. The van der Waals surface area contributed by atoms with E-state index in [1.165, 1.54) is 29.2 Å². The summed E-state index contributed by atoms with van der Waals surface area (Å²) in [5.41, 5.74) is 1.38. The van der Waals surface area contributed by atoms with Crippen molar-refractivity contribution in [3.05, 3.63) is 59.1 Å². The molecule has 2 heterocycles. The van der Waals surface area contributed by atoms with Gasteiger partial charge in [-0.05, 0) is 52.4 Å². The highest BCUT2D eigenvalue weighted by atomic mass is 35.5. The maximum atomic E-state index is 14.0. The summed E-state index contributed by atoms with van der Waals surface area (Å²) in [6.45, 7) is 0. The van der Waals surface area contributed by atoms with Crippen molar-refractivity contribution in [2.75, 3.05) is 5.32 Å². The number of nitrogens with one attached hydrogen (secondary N) is 1. The third kappa shape index (κ3) is 3.03. The Morgan fingerprint density at radius 3 is 3.00 bits per heavy atom. The van der Waals surface area contributed by atoms with Gasteiger partial charge in [0.2, 0.25) is 0 Å². The summed E-state index contributed by atoms with van der Waals surface area (Å²) in [4.78, 5) is 12.4. The number of hydrogen-bond donors (Lipinski definition) is 1. The lowest BCUT2D eigenvalue weighted by atomic mass is 10.1. The number of amides is 1. The van der Waals surface area contributed by atoms with E-state index in [-0.39, 0.29) is 5.69 Å². The molecule has 7 nitrogen and oxygen atoms in total. The highest BCUT2D eigenvalue weighted by molar-refractivity contribution is 6.30. The zero-order valence-electron chi connectivity index (χ0n) is 12.7. The summed E-state index contributed by atoms with van der Waals surface area (Å²) in [6, 6.07) is 9.34. The Balaban J connectivity index is 1.53. The lowest BCUT2D eigenvalue weighted by molar-refractivity contribution is -0.122. The summed E-state index contributed by atoms with van der Waals surface area (Å²) in [5, 5.41) is 13.9. The van der Waals surface area contributed by atoms with Gasteiger partial charge in [-0.3, -0.25) is 4.79 Å². The van der Waals surface area contributed by atoms with Gasteiger partial charge in [0, 0.05) is 11.4 Å². The van der Waals surface area contributed by atoms with Crippen LogP contribution in [0.5, 0.6) is 5.75 Å². The Hall–Kier alpha value is -3.00. The molecule has 1 unspecified atom stereocenters. The SMILES string of the molecule is O=C(Nc1cc(-n2cnnn2)ccc1F)C1Cc2cc(Cl)ccc2O1. The van der Waals surface area contributed by atoms with Crippen LogP contribution in [0.15, 0.2) is 42.7 Å². The molecule has 25 heavy (non-hydrogen) atoms. The van der Waals surface area contributed by atoms with Gasteiger partial charge < -0.3 is 10.1 Å². The average Bonchev–Trinajstić information content (AvgIpc) is 3.25. The molecule has 0 spiro atoms. The second-order valence-corrected chi connectivity index (χ2v) is 5.91. The van der Waals surface area contributed by atoms with Crippen molar-refractivity contribution < 1.29 is 13.9 Å². The minimum Gasteiger partial charge on any atom is -0.480 e. The van der Waals surface area contributed by atoms with Crippen molar-refractivity contribution in [1.29, 1.82) is 0 Å². The second kappa shape index (κ2) is 6.14. The van der Waals surface area contributed by atoms with E-state index >= 15 is 0 Å². The van der Waals surface area contributed by atoms with Crippen LogP contribution in [0.4, 0.5) is 10.1 Å². The number of halogens is 2. The lowest BCUT2D eigenvalue weighted by Crippen LogP contribution is -2.31. The number of nitrogens with zero attached hydrogens (tertiary/aromatic N) is 4. The fourth-order valence-corrected chi connectivity index (χ4v) is 2.80. The molecule has 1 N–H and O–H groups in total. The predicted molar refractivity (Wildman–Crippen MR) is 87.3 cm³/mol. The van der Waals surface area contributed by atoms with E-state index in [1.807, 2.05) is 0 Å². The molecule has 4 rings (SSSR count). The smallest absolute Gasteiger partial charge is 0.265 e. The Morgan fingerprint density at radius 1 is 1.32 bits per heavy atom. The first kappa shape index (κ1) is 15.5. The third-order valence-electron chi connectivity index (χ3n) is 3.81. The molecule has 1 aliphatic heterocycles. The summed E-state index contributed by atoms with van der Waals surface area (Å²) >= 11 is 5.94. The lowest BCUT2D eigenvalue weighted by Gasteiger charge is -2.12. The first-order valence-electron chi connectivity index (χ1n) is 7.39. The summed E-state index contributed by atoms with van der Waals surface area (Å²) in [6.07, 6.45) is 1.000. The van der Waals surface area contributed by atoms with Gasteiger partial charge >= 0.3 is 0 Å². The van der Waals surface area contributed by atoms with Crippen LogP contribution in [-0.2, 0) is 11.2 Å². The molecule has 3 aromatic rings. The molecular weight excluding hydrogens is 349 g/mol. The number of rotatable bonds is 3. The molecule has 0 saturated carbocycles. The van der Waals surface area contributed by atoms with Crippen LogP contribution in [0, 0.1) is 5.82 Å². The number of carbonyl (C=O) groups excluding carboxylic acids is 1. The second-order valence-electron chi connectivity index (χ2n) is 5.47. The number of benzene rings is 2. The van der Waals surface area contributed by atoms with Gasteiger partial charge in [-0.1, -0.05) is 11.6 Å². The molecule has 0 saturated heterocycles. The van der Waals surface area contributed by atoms with E-state index in [9.17, 15) is 9.18 Å². The van der Waals surface area contributed by atoms with Crippen LogP contribution in [-0.4, -0.2) is 32.2 Å². The van der Waals surface area contributed by atoms with E-state index in [0.717, 1.165) is 5.56 Å². The average molecular weight is 360 g/mol. The van der Waals surface area contributed by atoms with Gasteiger partial charge in [0.1, 0.15) is 17.9 Å². The quantitative estimate of drug-likeness (QED) is 0.776. The van der Waals surface area contributed by atoms with Crippen molar-refractivity contribution in [3.8, 4) is 11.4 Å². The fraction of sp³-hybridized carbons (Fsp3) is 0.125. The number of tetrazole rings is 1. The van der Waals surface area contributed by atoms with Crippen molar-refractivity contribution in [3.63, 3.8) is 0 Å². The number of aromatic nitrogens is 4. The molecule has 1 aromatic heterocycles. The molecule has 126 valence electrons. The monoisotopic (exact) mass is 359 g/mol. The molecule has 0 radical (unpaired) electrons. The van der Waals surface area contributed by atoms with Crippen LogP contribution in [0.1, 0.15) is 5.56 Å². The first-order valence-corrected chi connectivity index (χ1v) is 7.77. The van der Waals surface area contributed by atoms with Crippen LogP contribution < -0.4 is 10.1 Å². The van der Waals surface area contributed by atoms with Gasteiger partial charge in [-0.2, -0.15) is 0 Å². The summed E-state index contributed by atoms with van der Waals surface area (Å²) in [5.74, 6) is -0.406. The van der Waals surface area contributed by atoms with Crippen LogP contribution in [0.2, 0.25) is 5.02 Å². The maximum absolute atomic E-state index is 14.0.